The molecule has 7 heteroatoms. The first kappa shape index (κ1) is 21.2. The Morgan fingerprint density at radius 2 is 1.90 bits per heavy atom. The predicted octanol–water partition coefficient (Wildman–Crippen LogP) is 2.90. The molecule has 0 aliphatic heterocycles. The number of nitrogens with two attached hydrogens (primary N) is 1. The Hall–Kier alpha value is -3.48. The molecule has 1 amide bonds. The van der Waals surface area contributed by atoms with Gasteiger partial charge in [0, 0.05) is 24.0 Å². The minimum atomic E-state index is -0.489. The molecule has 2 aromatic carbocycles. The molecule has 7 nitrogen and oxygen atoms in total. The number of aliphatic imine (C=N–C) groups is 1. The largest absolute Gasteiger partial charge is 0.484 e. The van der Waals surface area contributed by atoms with Gasteiger partial charge in [-0.2, -0.15) is 0 Å². The number of nitrogens with zero attached hydrogens (tertiary/aromatic N) is 1. The van der Waals surface area contributed by atoms with Crippen molar-refractivity contribution in [2.45, 2.75) is 26.8 Å². The summed E-state index contributed by atoms with van der Waals surface area (Å²) in [5.41, 5.74) is 8.25. The summed E-state index contributed by atoms with van der Waals surface area (Å²) >= 11 is 0. The number of rotatable bonds is 9. The zero-order valence-corrected chi connectivity index (χ0v) is 17.4. The van der Waals surface area contributed by atoms with Gasteiger partial charge in [0.1, 0.15) is 23.6 Å². The van der Waals surface area contributed by atoms with Crippen LogP contribution >= 0.6 is 0 Å². The van der Waals surface area contributed by atoms with Crippen LogP contribution in [0, 0.1) is 6.92 Å². The van der Waals surface area contributed by atoms with E-state index in [0.29, 0.717) is 12.3 Å². The zero-order chi connectivity index (χ0) is 21.3. The quantitative estimate of drug-likeness (QED) is 0.373. The average Bonchev–Trinajstić information content (AvgIpc) is 3.07. The molecule has 0 bridgehead atoms. The van der Waals surface area contributed by atoms with Gasteiger partial charge in [-0.05, 0) is 44.0 Å². The summed E-state index contributed by atoms with van der Waals surface area (Å²) in [6.45, 7) is 5.96. The second kappa shape index (κ2) is 10.3. The van der Waals surface area contributed by atoms with E-state index in [-0.39, 0.29) is 6.61 Å². The molecule has 0 saturated carbocycles. The maximum Gasteiger partial charge on any atom is 0.255 e. The minimum Gasteiger partial charge on any atom is -0.484 e. The van der Waals surface area contributed by atoms with Crippen LogP contribution in [0.3, 0.4) is 0 Å². The smallest absolute Gasteiger partial charge is 0.255 e. The number of hydrogen-bond donors (Lipinski definition) is 3. The lowest BCUT2D eigenvalue weighted by atomic mass is 10.1. The topological polar surface area (TPSA) is 102 Å². The van der Waals surface area contributed by atoms with Crippen LogP contribution in [0.1, 0.15) is 23.8 Å². The number of primary amides is 1. The van der Waals surface area contributed by atoms with Gasteiger partial charge in [-0.1, -0.05) is 30.3 Å². The van der Waals surface area contributed by atoms with Gasteiger partial charge in [0.15, 0.2) is 12.6 Å². The Morgan fingerprint density at radius 3 is 2.60 bits per heavy atom. The van der Waals surface area contributed by atoms with Crippen LogP contribution in [-0.4, -0.2) is 31.6 Å². The molecule has 0 radical (unpaired) electrons. The van der Waals surface area contributed by atoms with E-state index in [1.54, 1.807) is 0 Å². The van der Waals surface area contributed by atoms with Crippen LogP contribution in [-0.2, 0) is 17.8 Å². The summed E-state index contributed by atoms with van der Waals surface area (Å²) in [5.74, 6) is 1.76. The van der Waals surface area contributed by atoms with E-state index in [1.807, 2.05) is 49.4 Å². The van der Waals surface area contributed by atoms with E-state index in [4.69, 9.17) is 14.9 Å². The number of hydrogen-bond acceptors (Lipinski definition) is 4. The highest BCUT2D eigenvalue weighted by atomic mass is 16.5. The highest BCUT2D eigenvalue weighted by Gasteiger charge is 2.09. The molecule has 1 aromatic heterocycles. The van der Waals surface area contributed by atoms with E-state index in [1.165, 1.54) is 0 Å². The molecular formula is C23H28N4O3. The van der Waals surface area contributed by atoms with Crippen molar-refractivity contribution >= 4 is 22.8 Å². The van der Waals surface area contributed by atoms with Gasteiger partial charge in [0.25, 0.3) is 5.91 Å². The van der Waals surface area contributed by atoms with Crippen molar-refractivity contribution < 1.29 is 13.9 Å². The molecule has 3 rings (SSSR count). The molecule has 0 fully saturated rings. The molecule has 0 spiro atoms. The van der Waals surface area contributed by atoms with Crippen molar-refractivity contribution in [3.63, 3.8) is 0 Å². The first-order valence-electron chi connectivity index (χ1n) is 10.1. The van der Waals surface area contributed by atoms with Gasteiger partial charge in [-0.15, -0.1) is 0 Å². The molecule has 0 aliphatic carbocycles. The number of aryl methyl sites for hydroxylation is 1. The highest BCUT2D eigenvalue weighted by Crippen LogP contribution is 2.25. The number of benzene rings is 2. The molecule has 158 valence electrons. The van der Waals surface area contributed by atoms with Crippen LogP contribution in [0.4, 0.5) is 0 Å². The summed E-state index contributed by atoms with van der Waals surface area (Å²) in [7, 11) is 0. The Balaban J connectivity index is 1.54. The average molecular weight is 409 g/mol. The standard InChI is InChI=1S/C23H28N4O3/c1-3-25-23(27-14-21-16(2)19-6-4-5-7-20(19)30-21)26-13-12-17-8-10-18(11-9-17)29-15-22(24)28/h4-11H,3,12-15H2,1-2H3,(H2,24,28)(H2,25,26,27). The molecule has 3 aromatic rings. The van der Waals surface area contributed by atoms with Gasteiger partial charge in [-0.25, -0.2) is 4.99 Å². The minimum absolute atomic E-state index is 0.117. The van der Waals surface area contributed by atoms with Crippen LogP contribution in [0.15, 0.2) is 57.9 Å². The lowest BCUT2D eigenvalue weighted by Crippen LogP contribution is -2.38. The molecular weight excluding hydrogens is 380 g/mol. The molecule has 0 saturated heterocycles. The molecule has 0 atom stereocenters. The lowest BCUT2D eigenvalue weighted by Gasteiger charge is -2.11. The summed E-state index contributed by atoms with van der Waals surface area (Å²) in [5, 5.41) is 7.74. The van der Waals surface area contributed by atoms with E-state index in [9.17, 15) is 4.79 Å². The highest BCUT2D eigenvalue weighted by molar-refractivity contribution is 5.82. The van der Waals surface area contributed by atoms with Crippen LogP contribution in [0.25, 0.3) is 11.0 Å². The van der Waals surface area contributed by atoms with E-state index in [2.05, 4.69) is 28.6 Å². The van der Waals surface area contributed by atoms with Gasteiger partial charge in [-0.3, -0.25) is 4.79 Å². The van der Waals surface area contributed by atoms with Crippen molar-refractivity contribution in [1.29, 1.82) is 0 Å². The van der Waals surface area contributed by atoms with Crippen LogP contribution < -0.4 is 21.1 Å². The Bertz CT molecular complexity index is 1010. The fourth-order valence-corrected chi connectivity index (χ4v) is 3.10. The molecule has 0 aliphatic rings. The second-order valence-electron chi connectivity index (χ2n) is 6.92. The van der Waals surface area contributed by atoms with E-state index < -0.39 is 5.91 Å². The summed E-state index contributed by atoms with van der Waals surface area (Å²) in [6, 6.07) is 15.6. The number of amides is 1. The van der Waals surface area contributed by atoms with E-state index in [0.717, 1.165) is 53.3 Å². The van der Waals surface area contributed by atoms with Crippen molar-refractivity contribution in [2.24, 2.45) is 10.7 Å². The fourth-order valence-electron chi connectivity index (χ4n) is 3.10. The van der Waals surface area contributed by atoms with Crippen molar-refractivity contribution in [3.05, 3.63) is 65.4 Å². The number of carbonyl (C=O) groups excluding carboxylic acids is 1. The lowest BCUT2D eigenvalue weighted by molar-refractivity contribution is -0.119. The van der Waals surface area contributed by atoms with Crippen molar-refractivity contribution in [2.75, 3.05) is 19.7 Å². The zero-order valence-electron chi connectivity index (χ0n) is 17.4. The summed E-state index contributed by atoms with van der Waals surface area (Å²) in [4.78, 5) is 15.4. The number of ether oxygens (including phenoxy) is 1. The number of furan rings is 1. The second-order valence-corrected chi connectivity index (χ2v) is 6.92. The third-order valence-electron chi connectivity index (χ3n) is 4.68. The van der Waals surface area contributed by atoms with E-state index >= 15 is 0 Å². The number of fused-ring (bicyclic) bond motifs is 1. The molecule has 1 heterocycles. The molecule has 4 N–H and O–H groups in total. The maximum absolute atomic E-state index is 10.8. The van der Waals surface area contributed by atoms with Gasteiger partial charge >= 0.3 is 0 Å². The molecule has 30 heavy (non-hydrogen) atoms. The molecule has 0 unspecified atom stereocenters. The number of para-hydroxylation sites is 1. The predicted molar refractivity (Wildman–Crippen MR) is 119 cm³/mol. The number of guanidine groups is 1. The summed E-state index contributed by atoms with van der Waals surface area (Å²) in [6.07, 6.45) is 0.824. The Morgan fingerprint density at radius 1 is 1.13 bits per heavy atom. The SMILES string of the molecule is CCNC(=NCc1oc2ccccc2c1C)NCCc1ccc(OCC(N)=O)cc1. The number of carbonyl (C=O) groups is 1. The summed E-state index contributed by atoms with van der Waals surface area (Å²) < 4.78 is 11.2. The van der Waals surface area contributed by atoms with Crippen LogP contribution in [0.2, 0.25) is 0 Å². The van der Waals surface area contributed by atoms with Gasteiger partial charge < -0.3 is 25.5 Å². The van der Waals surface area contributed by atoms with Crippen molar-refractivity contribution in [3.8, 4) is 5.75 Å². The van der Waals surface area contributed by atoms with Crippen LogP contribution in [0.5, 0.6) is 5.75 Å². The first-order valence-corrected chi connectivity index (χ1v) is 10.1. The third-order valence-corrected chi connectivity index (χ3v) is 4.68. The normalized spacial score (nSPS) is 11.5. The first-order chi connectivity index (χ1) is 14.6. The monoisotopic (exact) mass is 408 g/mol. The third kappa shape index (κ3) is 5.76. The fraction of sp³-hybridized carbons (Fsp3) is 0.304. The Labute approximate surface area is 176 Å². The Kier molecular flexibility index (Phi) is 7.32. The maximum atomic E-state index is 10.8. The van der Waals surface area contributed by atoms with Crippen molar-refractivity contribution in [1.82, 2.24) is 10.6 Å². The number of nitrogens with one attached hydrogen (secondary N) is 2. The van der Waals surface area contributed by atoms with Gasteiger partial charge in [0.05, 0.1) is 0 Å². The van der Waals surface area contributed by atoms with Gasteiger partial charge in [0.2, 0.25) is 0 Å².